The van der Waals surface area contributed by atoms with Crippen LogP contribution in [-0.4, -0.2) is 22.8 Å². The van der Waals surface area contributed by atoms with Gasteiger partial charge >= 0.3 is 0 Å². The molecule has 0 aliphatic rings. The Morgan fingerprint density at radius 2 is 2.50 bits per heavy atom. The highest BCUT2D eigenvalue weighted by Gasteiger charge is 2.03. The molecule has 1 rings (SSSR count). The van der Waals surface area contributed by atoms with E-state index in [4.69, 9.17) is 10.5 Å². The molecule has 0 bridgehead atoms. The minimum atomic E-state index is 0.199. The molecule has 68 valence electrons. The van der Waals surface area contributed by atoms with Crippen molar-refractivity contribution in [3.63, 3.8) is 0 Å². The Bertz CT molecular complexity index is 234. The number of aromatic nitrogens is 2. The summed E-state index contributed by atoms with van der Waals surface area (Å²) in [6, 6.07) is 0. The van der Waals surface area contributed by atoms with E-state index in [-0.39, 0.29) is 6.10 Å². The number of ether oxygens (including phenoxy) is 1. The van der Waals surface area contributed by atoms with Crippen LogP contribution in [0, 0.1) is 0 Å². The van der Waals surface area contributed by atoms with E-state index >= 15 is 0 Å². The van der Waals surface area contributed by atoms with Crippen molar-refractivity contribution in [1.82, 2.24) is 9.55 Å². The fraction of sp³-hybridized carbons (Fsp3) is 0.625. The molecule has 1 atom stereocenters. The first kappa shape index (κ1) is 9.22. The van der Waals surface area contributed by atoms with Crippen molar-refractivity contribution < 1.29 is 4.74 Å². The summed E-state index contributed by atoms with van der Waals surface area (Å²) in [5, 5.41) is 0. The van der Waals surface area contributed by atoms with Crippen molar-refractivity contribution in [3.8, 4) is 0 Å². The molecule has 0 aromatic carbocycles. The lowest BCUT2D eigenvalue weighted by atomic mass is 10.4. The van der Waals surface area contributed by atoms with Crippen molar-refractivity contribution in [2.75, 3.05) is 7.11 Å². The van der Waals surface area contributed by atoms with Gasteiger partial charge in [0, 0.05) is 26.4 Å². The zero-order chi connectivity index (χ0) is 8.97. The molecule has 12 heavy (non-hydrogen) atoms. The smallest absolute Gasteiger partial charge is 0.0949 e. The van der Waals surface area contributed by atoms with Crippen LogP contribution in [0.1, 0.15) is 12.6 Å². The molecular weight excluding hydrogens is 154 g/mol. The van der Waals surface area contributed by atoms with Gasteiger partial charge in [-0.1, -0.05) is 0 Å². The topological polar surface area (TPSA) is 53.1 Å². The molecule has 1 aromatic rings. The largest absolute Gasteiger partial charge is 0.380 e. The number of nitrogens with two attached hydrogens (primary N) is 1. The fourth-order valence-electron chi connectivity index (χ4n) is 1.03. The number of rotatable bonds is 4. The van der Waals surface area contributed by atoms with Gasteiger partial charge < -0.3 is 15.0 Å². The highest BCUT2D eigenvalue weighted by Crippen LogP contribution is 2.01. The predicted molar refractivity (Wildman–Crippen MR) is 46.6 cm³/mol. The van der Waals surface area contributed by atoms with E-state index in [1.807, 2.05) is 11.5 Å². The first-order valence-electron chi connectivity index (χ1n) is 3.99. The monoisotopic (exact) mass is 169 g/mol. The van der Waals surface area contributed by atoms with Gasteiger partial charge in [-0.2, -0.15) is 0 Å². The number of imidazole rings is 1. The van der Waals surface area contributed by atoms with E-state index in [9.17, 15) is 0 Å². The van der Waals surface area contributed by atoms with Crippen LogP contribution in [0.25, 0.3) is 0 Å². The van der Waals surface area contributed by atoms with Crippen LogP contribution >= 0.6 is 0 Å². The van der Waals surface area contributed by atoms with Crippen LogP contribution in [0.2, 0.25) is 0 Å². The highest BCUT2D eigenvalue weighted by molar-refractivity contribution is 4.97. The third-order valence-electron chi connectivity index (χ3n) is 1.86. The van der Waals surface area contributed by atoms with Crippen LogP contribution in [0.5, 0.6) is 0 Å². The molecule has 4 heteroatoms. The van der Waals surface area contributed by atoms with E-state index in [1.54, 1.807) is 19.6 Å². The van der Waals surface area contributed by atoms with Crippen molar-refractivity contribution in [2.45, 2.75) is 26.1 Å². The van der Waals surface area contributed by atoms with Crippen molar-refractivity contribution >= 4 is 0 Å². The summed E-state index contributed by atoms with van der Waals surface area (Å²) in [4.78, 5) is 4.01. The first-order valence-corrected chi connectivity index (χ1v) is 3.99. The molecule has 0 amide bonds. The highest BCUT2D eigenvalue weighted by atomic mass is 16.5. The van der Waals surface area contributed by atoms with E-state index < -0.39 is 0 Å². The van der Waals surface area contributed by atoms with Gasteiger partial charge in [0.05, 0.1) is 18.1 Å². The van der Waals surface area contributed by atoms with Gasteiger partial charge in [0.15, 0.2) is 0 Å². The summed E-state index contributed by atoms with van der Waals surface area (Å²) >= 11 is 0. The normalized spacial score (nSPS) is 13.2. The summed E-state index contributed by atoms with van der Waals surface area (Å²) in [5.74, 6) is 0. The third kappa shape index (κ3) is 2.06. The molecule has 0 radical (unpaired) electrons. The van der Waals surface area contributed by atoms with Gasteiger partial charge in [0.25, 0.3) is 0 Å². The SMILES string of the molecule is COC(C)Cn1cncc1CN. The van der Waals surface area contributed by atoms with Crippen molar-refractivity contribution in [1.29, 1.82) is 0 Å². The lowest BCUT2D eigenvalue weighted by Gasteiger charge is -2.11. The van der Waals surface area contributed by atoms with E-state index in [2.05, 4.69) is 4.98 Å². The summed E-state index contributed by atoms with van der Waals surface area (Å²) in [7, 11) is 1.70. The predicted octanol–water partition coefficient (Wildman–Crippen LogP) is 0.377. The Morgan fingerprint density at radius 1 is 1.75 bits per heavy atom. The second-order valence-corrected chi connectivity index (χ2v) is 2.79. The van der Waals surface area contributed by atoms with Gasteiger partial charge in [0.1, 0.15) is 0 Å². The number of hydrogen-bond donors (Lipinski definition) is 1. The Labute approximate surface area is 72.3 Å². The summed E-state index contributed by atoms with van der Waals surface area (Å²) < 4.78 is 7.14. The molecule has 0 fully saturated rings. The summed E-state index contributed by atoms with van der Waals surface area (Å²) in [6.45, 7) is 3.35. The Balaban J connectivity index is 2.61. The van der Waals surface area contributed by atoms with Gasteiger partial charge in [-0.15, -0.1) is 0 Å². The molecule has 1 heterocycles. The average Bonchev–Trinajstić information content (AvgIpc) is 2.51. The molecule has 0 spiro atoms. The zero-order valence-corrected chi connectivity index (χ0v) is 7.53. The van der Waals surface area contributed by atoms with Crippen LogP contribution in [-0.2, 0) is 17.8 Å². The van der Waals surface area contributed by atoms with Crippen molar-refractivity contribution in [3.05, 3.63) is 18.2 Å². The molecule has 4 nitrogen and oxygen atoms in total. The quantitative estimate of drug-likeness (QED) is 0.708. The van der Waals surface area contributed by atoms with Gasteiger partial charge in [-0.25, -0.2) is 4.98 Å². The Hall–Kier alpha value is -0.870. The lowest BCUT2D eigenvalue weighted by molar-refractivity contribution is 0.102. The van der Waals surface area contributed by atoms with E-state index in [0.29, 0.717) is 6.54 Å². The number of methoxy groups -OCH3 is 1. The zero-order valence-electron chi connectivity index (χ0n) is 7.53. The number of hydrogen-bond acceptors (Lipinski definition) is 3. The molecule has 0 aliphatic carbocycles. The fourth-order valence-corrected chi connectivity index (χ4v) is 1.03. The summed E-state index contributed by atoms with van der Waals surface area (Å²) in [5.41, 5.74) is 6.55. The van der Waals surface area contributed by atoms with Gasteiger partial charge in [-0.05, 0) is 6.92 Å². The van der Waals surface area contributed by atoms with Crippen LogP contribution in [0.15, 0.2) is 12.5 Å². The molecule has 0 saturated heterocycles. The molecular formula is C8H15N3O. The minimum Gasteiger partial charge on any atom is -0.380 e. The Kier molecular flexibility index (Phi) is 3.25. The first-order chi connectivity index (χ1) is 5.77. The Morgan fingerprint density at radius 3 is 3.08 bits per heavy atom. The second kappa shape index (κ2) is 4.23. The molecule has 2 N–H and O–H groups in total. The number of nitrogens with zero attached hydrogens (tertiary/aromatic N) is 2. The lowest BCUT2D eigenvalue weighted by Crippen LogP contribution is -2.17. The van der Waals surface area contributed by atoms with E-state index in [1.165, 1.54) is 0 Å². The van der Waals surface area contributed by atoms with Crippen molar-refractivity contribution in [2.24, 2.45) is 5.73 Å². The van der Waals surface area contributed by atoms with Crippen LogP contribution in [0.4, 0.5) is 0 Å². The van der Waals surface area contributed by atoms with Gasteiger partial charge in [-0.3, -0.25) is 0 Å². The maximum atomic E-state index is 5.51. The van der Waals surface area contributed by atoms with Gasteiger partial charge in [0.2, 0.25) is 0 Å². The maximum Gasteiger partial charge on any atom is 0.0949 e. The average molecular weight is 169 g/mol. The van der Waals surface area contributed by atoms with Crippen LogP contribution < -0.4 is 5.73 Å². The standard InChI is InChI=1S/C8H15N3O/c1-7(12-2)5-11-6-10-4-8(11)3-9/h4,6-7H,3,5,9H2,1-2H3. The molecule has 1 aromatic heterocycles. The van der Waals surface area contributed by atoms with Crippen LogP contribution in [0.3, 0.4) is 0 Å². The molecule has 0 saturated carbocycles. The maximum absolute atomic E-state index is 5.51. The third-order valence-corrected chi connectivity index (χ3v) is 1.86. The van der Waals surface area contributed by atoms with E-state index in [0.717, 1.165) is 12.2 Å². The molecule has 0 aliphatic heterocycles. The summed E-state index contributed by atoms with van der Waals surface area (Å²) in [6.07, 6.45) is 3.75. The minimum absolute atomic E-state index is 0.199. The second-order valence-electron chi connectivity index (χ2n) is 2.79. The molecule has 1 unspecified atom stereocenters.